The average Bonchev–Trinajstić information content (AvgIpc) is 3.57. The Kier molecular flexibility index (Phi) is 7.57. The highest BCUT2D eigenvalue weighted by atomic mass is 19.1. The molecule has 2 heterocycles. The number of nitrogens with zero attached hydrogens (tertiary/aromatic N) is 3. The molecule has 0 spiro atoms. The smallest absolute Gasteiger partial charge is 0.290 e. The van der Waals surface area contributed by atoms with Gasteiger partial charge in [-0.25, -0.2) is 9.40 Å². The highest BCUT2D eigenvalue weighted by Gasteiger charge is 2.36. The predicted molar refractivity (Wildman–Crippen MR) is 127 cm³/mol. The van der Waals surface area contributed by atoms with E-state index in [0.717, 1.165) is 5.56 Å². The van der Waals surface area contributed by atoms with Gasteiger partial charge in [-0.05, 0) is 24.3 Å². The summed E-state index contributed by atoms with van der Waals surface area (Å²) in [5.41, 5.74) is 1.50. The highest BCUT2D eigenvalue weighted by molar-refractivity contribution is 6.04. The van der Waals surface area contributed by atoms with Gasteiger partial charge in [0, 0.05) is 31.2 Å². The number of halogens is 1. The molecule has 0 unspecified atom stereocenters. The fourth-order valence-electron chi connectivity index (χ4n) is 4.03. The van der Waals surface area contributed by atoms with Crippen molar-refractivity contribution >= 4 is 17.5 Å². The molecule has 182 valence electrons. The van der Waals surface area contributed by atoms with E-state index in [1.54, 1.807) is 37.4 Å². The van der Waals surface area contributed by atoms with Gasteiger partial charge in [0.05, 0.1) is 31.7 Å². The number of amides is 2. The molecule has 0 bridgehead atoms. The average molecular weight is 480 g/mol. The quantitative estimate of drug-likeness (QED) is 0.465. The third kappa shape index (κ3) is 5.25. The van der Waals surface area contributed by atoms with Crippen LogP contribution in [-0.4, -0.2) is 61.4 Å². The van der Waals surface area contributed by atoms with Crippen molar-refractivity contribution in [1.82, 2.24) is 9.91 Å². The molecule has 0 radical (unpaired) electrons. The Hall–Kier alpha value is -3.98. The number of rotatable bonds is 9. The zero-order valence-corrected chi connectivity index (χ0v) is 19.5. The number of methoxy groups -OCH3 is 2. The van der Waals surface area contributed by atoms with Crippen molar-refractivity contribution in [3.8, 4) is 5.75 Å². The molecule has 1 aromatic heterocycles. The zero-order valence-electron chi connectivity index (χ0n) is 19.5. The minimum Gasteiger partial charge on any atom is -0.496 e. The first-order valence-electron chi connectivity index (χ1n) is 11.1. The van der Waals surface area contributed by atoms with E-state index >= 15 is 0 Å². The number of ether oxygens (including phenoxy) is 2. The van der Waals surface area contributed by atoms with E-state index in [4.69, 9.17) is 13.9 Å². The monoisotopic (exact) mass is 479 g/mol. The first-order chi connectivity index (χ1) is 17.0. The van der Waals surface area contributed by atoms with Crippen LogP contribution in [-0.2, 0) is 9.53 Å². The van der Waals surface area contributed by atoms with Crippen molar-refractivity contribution in [3.05, 3.63) is 89.6 Å². The minimum absolute atomic E-state index is 0.118. The third-order valence-corrected chi connectivity index (χ3v) is 5.76. The molecule has 1 aliphatic heterocycles. The molecular weight excluding hydrogens is 453 g/mol. The molecule has 9 heteroatoms. The summed E-state index contributed by atoms with van der Waals surface area (Å²) in [7, 11) is 3.06. The van der Waals surface area contributed by atoms with Crippen LogP contribution in [0.25, 0.3) is 0 Å². The maximum atomic E-state index is 14.6. The summed E-state index contributed by atoms with van der Waals surface area (Å²) >= 11 is 0. The minimum atomic E-state index is -0.531. The maximum absolute atomic E-state index is 14.6. The molecule has 0 aliphatic carbocycles. The number of hydrogen-bond acceptors (Lipinski definition) is 6. The standard InChI is InChI=1S/C26H26FN3O5/c1-33-15-13-29(26(32)24-12-7-14-35-24)17-25(31)30-22(19-9-4-6-11-23(19)34-2)16-21(28-30)18-8-3-5-10-20(18)27/h3-12,14,22H,13,15-17H2,1-2H3/t22-/m0/s1. The second-order valence-corrected chi connectivity index (χ2v) is 7.92. The number of para-hydroxylation sites is 1. The lowest BCUT2D eigenvalue weighted by molar-refractivity contribution is -0.133. The van der Waals surface area contributed by atoms with E-state index in [0.29, 0.717) is 17.0 Å². The van der Waals surface area contributed by atoms with Gasteiger partial charge in [-0.3, -0.25) is 9.59 Å². The number of carbonyl (C=O) groups is 2. The van der Waals surface area contributed by atoms with Gasteiger partial charge in [0.15, 0.2) is 5.76 Å². The molecule has 0 saturated carbocycles. The van der Waals surface area contributed by atoms with Gasteiger partial charge in [0.25, 0.3) is 11.8 Å². The molecule has 0 saturated heterocycles. The Labute approximate surface area is 202 Å². The fraction of sp³-hybridized carbons (Fsp3) is 0.269. The molecule has 1 atom stereocenters. The Morgan fingerprint density at radius 1 is 1.11 bits per heavy atom. The van der Waals surface area contributed by atoms with Gasteiger partial charge in [-0.2, -0.15) is 5.10 Å². The lowest BCUT2D eigenvalue weighted by Gasteiger charge is -2.27. The van der Waals surface area contributed by atoms with Gasteiger partial charge in [0.2, 0.25) is 0 Å². The second kappa shape index (κ2) is 11.0. The van der Waals surface area contributed by atoms with Gasteiger partial charge in [-0.15, -0.1) is 0 Å². The topological polar surface area (TPSA) is 84.6 Å². The van der Waals surface area contributed by atoms with E-state index in [1.165, 1.54) is 35.4 Å². The summed E-state index contributed by atoms with van der Waals surface area (Å²) in [6.45, 7) is 0.154. The highest BCUT2D eigenvalue weighted by Crippen LogP contribution is 2.37. The summed E-state index contributed by atoms with van der Waals surface area (Å²) in [5.74, 6) is -0.584. The van der Waals surface area contributed by atoms with Crippen molar-refractivity contribution in [2.75, 3.05) is 33.9 Å². The molecule has 2 aromatic carbocycles. The SMILES string of the molecule is COCCN(CC(=O)N1N=C(c2ccccc2F)C[C@H]1c1ccccc1OC)C(=O)c1ccco1. The largest absolute Gasteiger partial charge is 0.496 e. The van der Waals surface area contributed by atoms with Crippen LogP contribution >= 0.6 is 0 Å². The van der Waals surface area contributed by atoms with Gasteiger partial charge in [-0.1, -0.05) is 36.4 Å². The van der Waals surface area contributed by atoms with Crippen LogP contribution in [0.15, 0.2) is 76.4 Å². The Bertz CT molecular complexity index is 1210. The van der Waals surface area contributed by atoms with Gasteiger partial charge >= 0.3 is 0 Å². The van der Waals surface area contributed by atoms with Gasteiger partial charge in [0.1, 0.15) is 18.1 Å². The van der Waals surface area contributed by atoms with Crippen LogP contribution in [0.2, 0.25) is 0 Å². The van der Waals surface area contributed by atoms with Crippen LogP contribution in [0.4, 0.5) is 4.39 Å². The summed E-state index contributed by atoms with van der Waals surface area (Å²) in [6.07, 6.45) is 1.68. The van der Waals surface area contributed by atoms with Crippen molar-refractivity contribution in [1.29, 1.82) is 0 Å². The van der Waals surface area contributed by atoms with E-state index in [9.17, 15) is 14.0 Å². The zero-order chi connectivity index (χ0) is 24.8. The van der Waals surface area contributed by atoms with Crippen molar-refractivity contribution in [2.24, 2.45) is 5.10 Å². The first kappa shape index (κ1) is 24.2. The summed E-state index contributed by atoms with van der Waals surface area (Å²) in [4.78, 5) is 27.8. The van der Waals surface area contributed by atoms with Crippen molar-refractivity contribution < 1.29 is 27.9 Å². The number of hydrazone groups is 1. The second-order valence-electron chi connectivity index (χ2n) is 7.92. The van der Waals surface area contributed by atoms with Crippen molar-refractivity contribution in [2.45, 2.75) is 12.5 Å². The van der Waals surface area contributed by atoms with E-state index in [2.05, 4.69) is 5.10 Å². The van der Waals surface area contributed by atoms with Crippen LogP contribution in [0, 0.1) is 5.82 Å². The molecular formula is C26H26FN3O5. The molecule has 0 N–H and O–H groups in total. The number of carbonyl (C=O) groups excluding carboxylic acids is 2. The lowest BCUT2D eigenvalue weighted by atomic mass is 9.97. The Morgan fingerprint density at radius 2 is 1.89 bits per heavy atom. The lowest BCUT2D eigenvalue weighted by Crippen LogP contribution is -2.42. The molecule has 4 rings (SSSR count). The predicted octanol–water partition coefficient (Wildman–Crippen LogP) is 3.89. The molecule has 0 fully saturated rings. The normalized spacial score (nSPS) is 15.1. The van der Waals surface area contributed by atoms with Crippen LogP contribution in [0.3, 0.4) is 0 Å². The van der Waals surface area contributed by atoms with E-state index < -0.39 is 23.7 Å². The van der Waals surface area contributed by atoms with E-state index in [-0.39, 0.29) is 31.9 Å². The summed E-state index contributed by atoms with van der Waals surface area (Å²) in [5, 5.41) is 5.83. The first-order valence-corrected chi connectivity index (χ1v) is 11.1. The molecule has 35 heavy (non-hydrogen) atoms. The van der Waals surface area contributed by atoms with Gasteiger partial charge < -0.3 is 18.8 Å². The Morgan fingerprint density at radius 3 is 2.60 bits per heavy atom. The number of furan rings is 1. The molecule has 2 amide bonds. The molecule has 1 aliphatic rings. The summed E-state index contributed by atoms with van der Waals surface area (Å²) < 4.78 is 30.4. The third-order valence-electron chi connectivity index (χ3n) is 5.76. The van der Waals surface area contributed by atoms with Crippen LogP contribution < -0.4 is 4.74 Å². The number of hydrogen-bond donors (Lipinski definition) is 0. The summed E-state index contributed by atoms with van der Waals surface area (Å²) in [6, 6.07) is 16.2. The van der Waals surface area contributed by atoms with Crippen LogP contribution in [0.5, 0.6) is 5.75 Å². The van der Waals surface area contributed by atoms with Crippen molar-refractivity contribution in [3.63, 3.8) is 0 Å². The maximum Gasteiger partial charge on any atom is 0.290 e. The Balaban J connectivity index is 1.67. The fourth-order valence-corrected chi connectivity index (χ4v) is 4.03. The molecule has 3 aromatic rings. The number of benzene rings is 2. The van der Waals surface area contributed by atoms with E-state index in [1.807, 2.05) is 18.2 Å². The molecule has 8 nitrogen and oxygen atoms in total. The van der Waals surface area contributed by atoms with Crippen LogP contribution in [0.1, 0.15) is 34.1 Å².